The van der Waals surface area contributed by atoms with Crippen LogP contribution in [-0.2, 0) is 0 Å². The lowest BCUT2D eigenvalue weighted by molar-refractivity contribution is 0.102. The third-order valence-corrected chi connectivity index (χ3v) is 4.72. The van der Waals surface area contributed by atoms with Gasteiger partial charge in [0.25, 0.3) is 5.91 Å². The molecule has 0 saturated heterocycles. The molecule has 2 aromatic heterocycles. The Morgan fingerprint density at radius 1 is 1.03 bits per heavy atom. The van der Waals surface area contributed by atoms with E-state index in [0.29, 0.717) is 23.0 Å². The molecule has 2 heterocycles. The van der Waals surface area contributed by atoms with Gasteiger partial charge in [0.05, 0.1) is 12.8 Å². The van der Waals surface area contributed by atoms with Gasteiger partial charge >= 0.3 is 0 Å². The molecule has 1 amide bonds. The van der Waals surface area contributed by atoms with Gasteiger partial charge in [-0.15, -0.1) is 5.10 Å². The van der Waals surface area contributed by atoms with Crippen molar-refractivity contribution in [2.75, 3.05) is 12.4 Å². The molecule has 9 nitrogen and oxygen atoms in total. The Bertz CT molecular complexity index is 1230. The summed E-state index contributed by atoms with van der Waals surface area (Å²) in [5.74, 6) is 1.02. The number of hydrogen-bond donors (Lipinski definition) is 1. The third kappa shape index (κ3) is 3.64. The van der Waals surface area contributed by atoms with E-state index in [1.807, 2.05) is 57.2 Å². The molecule has 1 N–H and O–H groups in total. The van der Waals surface area contributed by atoms with Crippen LogP contribution in [0.3, 0.4) is 0 Å². The number of carbonyl (C=O) groups is 1. The van der Waals surface area contributed by atoms with Crippen LogP contribution in [0.15, 0.2) is 48.7 Å². The Kier molecular flexibility index (Phi) is 5.01. The fraction of sp³-hybridized carbons (Fsp3) is 0.190. The molecule has 0 fully saturated rings. The lowest BCUT2D eigenvalue weighted by atomic mass is 10.1. The molecular weight excluding hydrogens is 382 g/mol. The van der Waals surface area contributed by atoms with Crippen LogP contribution in [0.5, 0.6) is 5.75 Å². The second kappa shape index (κ2) is 7.78. The van der Waals surface area contributed by atoms with Crippen LogP contribution in [0.25, 0.3) is 11.4 Å². The minimum atomic E-state index is -0.316. The fourth-order valence-corrected chi connectivity index (χ4v) is 3.12. The molecule has 0 atom stereocenters. The van der Waals surface area contributed by atoms with E-state index in [1.165, 1.54) is 0 Å². The molecule has 2 aromatic carbocycles. The van der Waals surface area contributed by atoms with Gasteiger partial charge in [-0.1, -0.05) is 12.1 Å². The predicted octanol–water partition coefficient (Wildman–Crippen LogP) is 3.03. The summed E-state index contributed by atoms with van der Waals surface area (Å²) in [7, 11) is 1.60. The van der Waals surface area contributed by atoms with Crippen molar-refractivity contribution in [1.82, 2.24) is 30.0 Å². The monoisotopic (exact) mass is 403 g/mol. The van der Waals surface area contributed by atoms with E-state index >= 15 is 0 Å². The zero-order chi connectivity index (χ0) is 21.3. The minimum absolute atomic E-state index is 0.291. The average Bonchev–Trinajstić information content (AvgIpc) is 3.39. The summed E-state index contributed by atoms with van der Waals surface area (Å²) in [6.45, 7) is 5.76. The number of benzene rings is 2. The zero-order valence-electron chi connectivity index (χ0n) is 17.1. The molecule has 0 aliphatic heterocycles. The first-order chi connectivity index (χ1) is 14.5. The molecular formula is C21H21N7O2. The molecule has 152 valence electrons. The molecule has 0 bridgehead atoms. The van der Waals surface area contributed by atoms with Crippen LogP contribution in [0, 0.1) is 20.8 Å². The van der Waals surface area contributed by atoms with Crippen molar-refractivity contribution in [2.45, 2.75) is 20.8 Å². The lowest BCUT2D eigenvalue weighted by Gasteiger charge is -2.10. The molecule has 0 radical (unpaired) electrons. The van der Waals surface area contributed by atoms with Crippen LogP contribution in [0.2, 0.25) is 0 Å². The highest BCUT2D eigenvalue weighted by molar-refractivity contribution is 6.03. The maximum atomic E-state index is 12.8. The highest BCUT2D eigenvalue weighted by Gasteiger charge is 2.14. The maximum Gasteiger partial charge on any atom is 0.276 e. The number of nitrogens with zero attached hydrogens (tertiary/aromatic N) is 6. The number of methoxy groups -OCH3 is 1. The van der Waals surface area contributed by atoms with Crippen LogP contribution < -0.4 is 10.1 Å². The summed E-state index contributed by atoms with van der Waals surface area (Å²) >= 11 is 0. The SMILES string of the molecule is COc1ccc(C)cc1-n1ccc(C(=O)Nc2ccc(C)c(-n3nnnc3C)c2)n1. The van der Waals surface area contributed by atoms with Crippen molar-refractivity contribution in [3.05, 3.63) is 71.3 Å². The third-order valence-electron chi connectivity index (χ3n) is 4.72. The number of amides is 1. The first-order valence-corrected chi connectivity index (χ1v) is 9.34. The molecule has 0 spiro atoms. The van der Waals surface area contributed by atoms with E-state index < -0.39 is 0 Å². The largest absolute Gasteiger partial charge is 0.494 e. The Hall–Kier alpha value is -4.01. The van der Waals surface area contributed by atoms with Crippen molar-refractivity contribution in [2.24, 2.45) is 0 Å². The number of aryl methyl sites for hydroxylation is 3. The van der Waals surface area contributed by atoms with E-state index in [0.717, 1.165) is 22.5 Å². The number of tetrazole rings is 1. The highest BCUT2D eigenvalue weighted by Crippen LogP contribution is 2.24. The molecule has 0 aliphatic carbocycles. The van der Waals surface area contributed by atoms with Gasteiger partial charge in [-0.2, -0.15) is 9.78 Å². The smallest absolute Gasteiger partial charge is 0.276 e. The number of nitrogens with one attached hydrogen (secondary N) is 1. The summed E-state index contributed by atoms with van der Waals surface area (Å²) < 4.78 is 8.67. The second-order valence-electron chi connectivity index (χ2n) is 6.91. The Morgan fingerprint density at radius 3 is 2.60 bits per heavy atom. The summed E-state index contributed by atoms with van der Waals surface area (Å²) in [5, 5.41) is 18.9. The maximum absolute atomic E-state index is 12.8. The number of anilines is 1. The summed E-state index contributed by atoms with van der Waals surface area (Å²) in [5.41, 5.74) is 4.53. The Morgan fingerprint density at radius 2 is 1.87 bits per heavy atom. The van der Waals surface area contributed by atoms with E-state index in [4.69, 9.17) is 4.74 Å². The number of aromatic nitrogens is 6. The van der Waals surface area contributed by atoms with Crippen LogP contribution >= 0.6 is 0 Å². The highest BCUT2D eigenvalue weighted by atomic mass is 16.5. The van der Waals surface area contributed by atoms with Gasteiger partial charge in [0.1, 0.15) is 11.4 Å². The van der Waals surface area contributed by atoms with Gasteiger partial charge in [-0.3, -0.25) is 4.79 Å². The molecule has 0 aliphatic rings. The van der Waals surface area contributed by atoms with E-state index in [1.54, 1.807) is 28.7 Å². The first kappa shape index (κ1) is 19.3. The predicted molar refractivity (Wildman–Crippen MR) is 111 cm³/mol. The van der Waals surface area contributed by atoms with Gasteiger partial charge in [0.2, 0.25) is 0 Å². The molecule has 4 rings (SSSR count). The molecule has 0 saturated carbocycles. The standard InChI is InChI=1S/C21H21N7O2/c1-13-5-8-20(30-4)19(11-13)27-10-9-17(24-27)21(29)22-16-7-6-14(2)18(12-16)28-15(3)23-25-26-28/h5-12H,1-4H3,(H,22,29). The first-order valence-electron chi connectivity index (χ1n) is 9.34. The van der Waals surface area contributed by atoms with Gasteiger partial charge in [-0.05, 0) is 72.7 Å². The van der Waals surface area contributed by atoms with Gasteiger partial charge in [-0.25, -0.2) is 4.68 Å². The van der Waals surface area contributed by atoms with Crippen molar-refractivity contribution < 1.29 is 9.53 Å². The van der Waals surface area contributed by atoms with Gasteiger partial charge in [0.15, 0.2) is 11.5 Å². The van der Waals surface area contributed by atoms with Crippen molar-refractivity contribution in [3.8, 4) is 17.1 Å². The Labute approximate surface area is 173 Å². The topological polar surface area (TPSA) is 99.8 Å². The minimum Gasteiger partial charge on any atom is -0.494 e. The van der Waals surface area contributed by atoms with E-state index in [9.17, 15) is 4.79 Å². The van der Waals surface area contributed by atoms with Crippen LogP contribution in [0.4, 0.5) is 5.69 Å². The van der Waals surface area contributed by atoms with Crippen molar-refractivity contribution in [3.63, 3.8) is 0 Å². The average molecular weight is 403 g/mol. The zero-order valence-corrected chi connectivity index (χ0v) is 17.1. The lowest BCUT2D eigenvalue weighted by Crippen LogP contribution is -2.14. The Balaban J connectivity index is 1.59. The van der Waals surface area contributed by atoms with E-state index in [2.05, 4.69) is 25.9 Å². The molecule has 4 aromatic rings. The fourth-order valence-electron chi connectivity index (χ4n) is 3.12. The van der Waals surface area contributed by atoms with Crippen LogP contribution in [0.1, 0.15) is 27.4 Å². The van der Waals surface area contributed by atoms with E-state index in [-0.39, 0.29) is 5.91 Å². The van der Waals surface area contributed by atoms with Gasteiger partial charge in [0, 0.05) is 11.9 Å². The second-order valence-corrected chi connectivity index (χ2v) is 6.91. The summed E-state index contributed by atoms with van der Waals surface area (Å²) in [6.07, 6.45) is 1.73. The molecule has 0 unspecified atom stereocenters. The normalized spacial score (nSPS) is 10.8. The number of carbonyl (C=O) groups excluding carboxylic acids is 1. The summed E-state index contributed by atoms with van der Waals surface area (Å²) in [6, 6.07) is 13.0. The summed E-state index contributed by atoms with van der Waals surface area (Å²) in [4.78, 5) is 12.8. The quantitative estimate of drug-likeness (QED) is 0.550. The van der Waals surface area contributed by atoms with Crippen molar-refractivity contribution in [1.29, 1.82) is 0 Å². The molecule has 9 heteroatoms. The van der Waals surface area contributed by atoms with Crippen LogP contribution in [-0.4, -0.2) is 43.0 Å². The van der Waals surface area contributed by atoms with Crippen molar-refractivity contribution >= 4 is 11.6 Å². The number of rotatable bonds is 5. The van der Waals surface area contributed by atoms with Gasteiger partial charge < -0.3 is 10.1 Å². The molecule has 30 heavy (non-hydrogen) atoms. The number of ether oxygens (including phenoxy) is 1. The number of hydrogen-bond acceptors (Lipinski definition) is 6.